The minimum absolute atomic E-state index is 0.00298. The fourth-order valence-electron chi connectivity index (χ4n) is 10.6. The minimum atomic E-state index is -4.32. The summed E-state index contributed by atoms with van der Waals surface area (Å²) in [5, 5.41) is 0. The fourth-order valence-corrected chi connectivity index (χ4v) is 12.4. The molecule has 4 aromatic rings. The number of carbonyl (C=O) groups excluding carboxylic acids is 1. The van der Waals surface area contributed by atoms with E-state index in [1.54, 1.807) is 55.8 Å². The van der Waals surface area contributed by atoms with Gasteiger partial charge in [0.1, 0.15) is 51.8 Å². The van der Waals surface area contributed by atoms with E-state index in [4.69, 9.17) is 37.3 Å². The molecule has 0 aliphatic heterocycles. The quantitative estimate of drug-likeness (QED) is 0.134. The largest absolute Gasteiger partial charge is 0.496 e. The summed E-state index contributed by atoms with van der Waals surface area (Å²) in [4.78, 5) is 13.5. The summed E-state index contributed by atoms with van der Waals surface area (Å²) in [6, 6.07) is 15.6. The van der Waals surface area contributed by atoms with Crippen molar-refractivity contribution in [3.05, 3.63) is 93.0 Å². The molecule has 11 nitrogen and oxygen atoms in total. The Bertz CT molecular complexity index is 2470. The number of methoxy groups -OCH3 is 7. The molecule has 328 valence electrons. The van der Waals surface area contributed by atoms with Gasteiger partial charge in [0.2, 0.25) is 0 Å². The molecule has 2 saturated carbocycles. The minimum Gasteiger partial charge on any atom is -0.496 e. The van der Waals surface area contributed by atoms with Crippen molar-refractivity contribution < 1.29 is 50.6 Å². The van der Waals surface area contributed by atoms with E-state index in [1.807, 2.05) is 45.0 Å². The van der Waals surface area contributed by atoms with E-state index < -0.39 is 32.6 Å². The molecule has 6 atom stereocenters. The van der Waals surface area contributed by atoms with E-state index in [-0.39, 0.29) is 35.2 Å². The van der Waals surface area contributed by atoms with Crippen molar-refractivity contribution in [2.75, 3.05) is 55.5 Å². The SMILES string of the molecule is COc1cc(OC)c2cc1C(C)c1cc(c(OC)cc1OC)C(C)c1cc(c(OS(=O)(=O)C[C@]34CC[C@H](CC3=O)C4(C)C)cc1OC)C(C)c1cc(c(OC)cc1OC)C2C. The van der Waals surface area contributed by atoms with Crippen LogP contribution >= 0.6 is 0 Å². The lowest BCUT2D eigenvalue weighted by Crippen LogP contribution is -2.43. The highest BCUT2D eigenvalue weighted by molar-refractivity contribution is 7.87. The molecule has 0 spiro atoms. The van der Waals surface area contributed by atoms with Gasteiger partial charge in [-0.15, -0.1) is 0 Å². The number of hydrogen-bond acceptors (Lipinski definition) is 11. The lowest BCUT2D eigenvalue weighted by atomic mass is 9.70. The molecule has 0 N–H and O–H groups in total. The van der Waals surface area contributed by atoms with Crippen LogP contribution in [-0.2, 0) is 14.9 Å². The van der Waals surface area contributed by atoms with Crippen molar-refractivity contribution in [1.82, 2.24) is 0 Å². The van der Waals surface area contributed by atoms with E-state index in [9.17, 15) is 13.2 Å². The molecule has 0 radical (unpaired) electrons. The Hall–Kier alpha value is -5.10. The van der Waals surface area contributed by atoms with Gasteiger partial charge in [0.05, 0.1) is 60.9 Å². The smallest absolute Gasteiger partial charge is 0.310 e. The van der Waals surface area contributed by atoms with E-state index >= 15 is 0 Å². The predicted octanol–water partition coefficient (Wildman–Crippen LogP) is 9.77. The van der Waals surface area contributed by atoms with Gasteiger partial charge in [-0.3, -0.25) is 4.79 Å². The second kappa shape index (κ2) is 16.3. The zero-order valence-corrected chi connectivity index (χ0v) is 38.5. The Labute approximate surface area is 361 Å². The van der Waals surface area contributed by atoms with Gasteiger partial charge in [0.15, 0.2) is 0 Å². The number of carbonyl (C=O) groups is 1. The maximum Gasteiger partial charge on any atom is 0.310 e. The van der Waals surface area contributed by atoms with Gasteiger partial charge in [-0.05, 0) is 48.4 Å². The second-order valence-corrected chi connectivity index (χ2v) is 19.0. The highest BCUT2D eigenvalue weighted by atomic mass is 32.2. The van der Waals surface area contributed by atoms with Crippen molar-refractivity contribution in [3.8, 4) is 46.0 Å². The van der Waals surface area contributed by atoms with Crippen LogP contribution in [0.4, 0.5) is 0 Å². The van der Waals surface area contributed by atoms with Gasteiger partial charge < -0.3 is 37.3 Å². The lowest BCUT2D eigenvalue weighted by molar-refractivity contribution is -0.128. The molecular weight excluding hydrogens is 797 g/mol. The molecule has 10 bridgehead atoms. The topological polar surface area (TPSA) is 125 Å². The van der Waals surface area contributed by atoms with Crippen molar-refractivity contribution in [2.45, 2.75) is 84.5 Å². The van der Waals surface area contributed by atoms with Crippen LogP contribution in [0, 0.1) is 16.7 Å². The van der Waals surface area contributed by atoms with Crippen LogP contribution < -0.4 is 37.3 Å². The summed E-state index contributed by atoms with van der Waals surface area (Å²) in [7, 11) is 7.03. The predicted molar refractivity (Wildman–Crippen MR) is 235 cm³/mol. The van der Waals surface area contributed by atoms with Crippen LogP contribution in [0.5, 0.6) is 46.0 Å². The lowest BCUT2D eigenvalue weighted by Gasteiger charge is -2.36. The van der Waals surface area contributed by atoms with Crippen molar-refractivity contribution >= 4 is 15.9 Å². The zero-order valence-electron chi connectivity index (χ0n) is 37.7. The fraction of sp³-hybridized carbons (Fsp3) is 0.490. The van der Waals surface area contributed by atoms with E-state index in [0.29, 0.717) is 58.7 Å². The molecule has 2 fully saturated rings. The molecule has 0 saturated heterocycles. The van der Waals surface area contributed by atoms with Gasteiger partial charge in [0, 0.05) is 98.9 Å². The third-order valence-corrected chi connectivity index (χ3v) is 15.9. The monoisotopic (exact) mass is 856 g/mol. The van der Waals surface area contributed by atoms with Gasteiger partial charge in [0.25, 0.3) is 0 Å². The van der Waals surface area contributed by atoms with Gasteiger partial charge in [-0.2, -0.15) is 8.42 Å². The number of ketones is 1. The van der Waals surface area contributed by atoms with Crippen molar-refractivity contribution in [2.24, 2.45) is 16.7 Å². The Balaban J connectivity index is 1.52. The number of rotatable bonds is 11. The van der Waals surface area contributed by atoms with Gasteiger partial charge >= 0.3 is 10.1 Å². The third-order valence-electron chi connectivity index (χ3n) is 14.6. The molecule has 4 unspecified atom stereocenters. The van der Waals surface area contributed by atoms with Crippen LogP contribution in [0.15, 0.2) is 48.5 Å². The number of benzene rings is 4. The standard InChI is InChI=1S/C49H60O11S/c1-26-31-17-32(40(54-8)21-39(31)53-7)27(2)35-19-36(44(58-12)23-43(35)57-11)29(4)38-20-37(28(3)34-18-33(26)41(55-9)22-42(34)56-10)45(59-13)24-46(38)60-61(51,52)25-49-15-14-30(16-47(49)50)48(49,5)6/h17-24,26-30H,14-16,25H2,1-13H3/t26?,27?,28?,29?,30-,49-/m1/s1. The average molecular weight is 857 g/mol. The molecule has 7 rings (SSSR count). The highest BCUT2D eigenvalue weighted by Gasteiger charge is 2.65. The number of hydrogen-bond donors (Lipinski definition) is 0. The molecule has 3 aliphatic carbocycles. The molecule has 0 aromatic heterocycles. The number of Topliss-reactive ketones (excluding diaryl/α,β-unsaturated/α-hetero) is 1. The molecule has 12 heteroatoms. The first kappa shape index (κ1) is 44.0. The summed E-state index contributed by atoms with van der Waals surface area (Å²) in [6.45, 7) is 12.3. The Kier molecular flexibility index (Phi) is 11.8. The van der Waals surface area contributed by atoms with Crippen LogP contribution in [0.1, 0.15) is 129 Å². The number of fused-ring (bicyclic) bond motifs is 10. The summed E-state index contributed by atoms with van der Waals surface area (Å²) >= 11 is 0. The van der Waals surface area contributed by atoms with E-state index in [2.05, 4.69) is 39.0 Å². The molecule has 61 heavy (non-hydrogen) atoms. The van der Waals surface area contributed by atoms with Crippen molar-refractivity contribution in [1.29, 1.82) is 0 Å². The summed E-state index contributed by atoms with van der Waals surface area (Å²) in [5.74, 6) is 2.64. The molecule has 3 aliphatic rings. The maximum absolute atomic E-state index is 14.4. The summed E-state index contributed by atoms with van der Waals surface area (Å²) < 4.78 is 77.4. The Morgan fingerprint density at radius 2 is 0.770 bits per heavy atom. The first-order valence-electron chi connectivity index (χ1n) is 20.9. The third kappa shape index (κ3) is 7.12. The first-order valence-corrected chi connectivity index (χ1v) is 22.5. The molecule has 0 amide bonds. The van der Waals surface area contributed by atoms with Crippen LogP contribution in [-0.4, -0.2) is 69.7 Å². The summed E-state index contributed by atoms with van der Waals surface area (Å²) in [5.41, 5.74) is 5.11. The maximum atomic E-state index is 14.4. The van der Waals surface area contributed by atoms with Crippen LogP contribution in [0.25, 0.3) is 0 Å². The summed E-state index contributed by atoms with van der Waals surface area (Å²) in [6.07, 6.45) is 1.72. The highest BCUT2D eigenvalue weighted by Crippen LogP contribution is 2.64. The number of ether oxygens (including phenoxy) is 7. The molecule has 4 aromatic carbocycles. The van der Waals surface area contributed by atoms with E-state index in [1.165, 1.54) is 0 Å². The molecular formula is C49H60O11S. The van der Waals surface area contributed by atoms with E-state index in [0.717, 1.165) is 45.4 Å². The van der Waals surface area contributed by atoms with Crippen LogP contribution in [0.3, 0.4) is 0 Å². The van der Waals surface area contributed by atoms with Crippen molar-refractivity contribution in [3.63, 3.8) is 0 Å². The Morgan fingerprint density at radius 1 is 0.492 bits per heavy atom. The zero-order chi connectivity index (χ0) is 44.3. The average Bonchev–Trinajstić information content (AvgIpc) is 3.60. The van der Waals surface area contributed by atoms with Gasteiger partial charge in [-0.1, -0.05) is 41.5 Å². The van der Waals surface area contributed by atoms with Crippen LogP contribution in [0.2, 0.25) is 0 Å². The normalized spacial score (nSPS) is 23.9. The Morgan fingerprint density at radius 3 is 1.02 bits per heavy atom. The molecule has 0 heterocycles. The second-order valence-electron chi connectivity index (χ2n) is 17.5. The first-order chi connectivity index (χ1) is 28.9. The van der Waals surface area contributed by atoms with Gasteiger partial charge in [-0.25, -0.2) is 0 Å².